The summed E-state index contributed by atoms with van der Waals surface area (Å²) in [5, 5.41) is 0. The molecule has 4 nitrogen and oxygen atoms in total. The van der Waals surface area contributed by atoms with Crippen molar-refractivity contribution in [3.8, 4) is 5.75 Å². The van der Waals surface area contributed by atoms with Gasteiger partial charge in [0.2, 0.25) is 0 Å². The van der Waals surface area contributed by atoms with Crippen molar-refractivity contribution in [2.45, 2.75) is 13.0 Å². The highest BCUT2D eigenvalue weighted by Gasteiger charge is 2.36. The summed E-state index contributed by atoms with van der Waals surface area (Å²) in [5.74, 6) is 2.73. The van der Waals surface area contributed by atoms with Crippen LogP contribution >= 0.6 is 12.4 Å². The van der Waals surface area contributed by atoms with Crippen LogP contribution in [0.1, 0.15) is 22.3 Å². The lowest BCUT2D eigenvalue weighted by Gasteiger charge is -2.45. The van der Waals surface area contributed by atoms with Crippen LogP contribution in [0.5, 0.6) is 5.75 Å². The third kappa shape index (κ3) is 4.45. The highest BCUT2D eigenvalue weighted by Crippen LogP contribution is 2.32. The number of hydrogen-bond donors (Lipinski definition) is 0. The second-order valence-corrected chi connectivity index (χ2v) is 7.36. The molecule has 2 aromatic carbocycles. The van der Waals surface area contributed by atoms with Gasteiger partial charge in [-0.25, -0.2) is 0 Å². The fourth-order valence-corrected chi connectivity index (χ4v) is 4.27. The van der Waals surface area contributed by atoms with Gasteiger partial charge in [-0.1, -0.05) is 42.5 Å². The predicted molar refractivity (Wildman–Crippen MR) is 109 cm³/mol. The van der Waals surface area contributed by atoms with Crippen LogP contribution < -0.4 is 4.74 Å². The first kappa shape index (κ1) is 19.7. The second-order valence-electron chi connectivity index (χ2n) is 7.36. The van der Waals surface area contributed by atoms with Crippen molar-refractivity contribution in [1.82, 2.24) is 9.80 Å². The number of nitrogens with zero attached hydrogens (tertiary/aromatic N) is 2. The molecule has 27 heavy (non-hydrogen) atoms. The highest BCUT2D eigenvalue weighted by molar-refractivity contribution is 5.97. The fraction of sp³-hybridized carbons (Fsp3) is 0.364. The van der Waals surface area contributed by atoms with Gasteiger partial charge in [0, 0.05) is 38.6 Å². The SMILES string of the molecule is COc1ccccc1C(=O)N1C[C]2CC(CN(Cc3ccccc3)C2)C1.Cl. The predicted octanol–water partition coefficient (Wildman–Crippen LogP) is 3.67. The number of rotatable bonds is 4. The standard InChI is InChI=1S/C22H25N2O2.ClH/c1-26-21-10-6-5-9-20(21)22(25)24-15-18-11-19(16-24)14-23(13-18)12-17-7-3-2-4-8-17;/h2-10,18H,11-16H2,1H3;1H. The number of ether oxygens (including phenoxy) is 1. The van der Waals surface area contributed by atoms with Crippen LogP contribution in [0.4, 0.5) is 0 Å². The van der Waals surface area contributed by atoms with E-state index in [9.17, 15) is 4.79 Å². The summed E-state index contributed by atoms with van der Waals surface area (Å²) in [4.78, 5) is 17.5. The minimum atomic E-state index is 0. The van der Waals surface area contributed by atoms with E-state index in [1.807, 2.05) is 29.2 Å². The largest absolute Gasteiger partial charge is 0.496 e. The third-order valence-electron chi connectivity index (χ3n) is 5.31. The molecule has 2 aliphatic rings. The van der Waals surface area contributed by atoms with Gasteiger partial charge in [0.15, 0.2) is 0 Å². The summed E-state index contributed by atoms with van der Waals surface area (Å²) in [6.45, 7) is 4.61. The van der Waals surface area contributed by atoms with Gasteiger partial charge in [0.1, 0.15) is 5.75 Å². The molecule has 2 aromatic rings. The molecular formula is C22H26ClN2O2. The van der Waals surface area contributed by atoms with Crippen LogP contribution in [-0.2, 0) is 6.54 Å². The van der Waals surface area contributed by atoms with E-state index in [0.717, 1.165) is 39.1 Å². The van der Waals surface area contributed by atoms with Gasteiger partial charge in [-0.15, -0.1) is 12.4 Å². The molecule has 4 rings (SSSR count). The van der Waals surface area contributed by atoms with Crippen LogP contribution in [0.25, 0.3) is 0 Å². The molecule has 0 N–H and O–H groups in total. The zero-order valence-corrected chi connectivity index (χ0v) is 16.5. The number of likely N-dealkylation sites (tertiary alicyclic amines) is 2. The molecule has 0 aromatic heterocycles. The first-order valence-electron chi connectivity index (χ1n) is 9.25. The summed E-state index contributed by atoms with van der Waals surface area (Å²) in [5.41, 5.74) is 2.02. The lowest BCUT2D eigenvalue weighted by molar-refractivity contribution is 0.0560. The Hall–Kier alpha value is -2.04. The maximum Gasteiger partial charge on any atom is 0.257 e. The Morgan fingerprint density at radius 3 is 2.52 bits per heavy atom. The summed E-state index contributed by atoms with van der Waals surface area (Å²) >= 11 is 0. The van der Waals surface area contributed by atoms with Gasteiger partial charge in [0.25, 0.3) is 5.91 Å². The Balaban J connectivity index is 0.00000210. The summed E-state index contributed by atoms with van der Waals surface area (Å²) in [7, 11) is 1.62. The van der Waals surface area contributed by atoms with Gasteiger partial charge in [0.05, 0.1) is 12.7 Å². The highest BCUT2D eigenvalue weighted by atomic mass is 35.5. The van der Waals surface area contributed by atoms with Crippen LogP contribution in [-0.4, -0.2) is 49.0 Å². The molecular weight excluding hydrogens is 360 g/mol. The molecule has 1 radical (unpaired) electrons. The molecule has 0 aliphatic carbocycles. The normalized spacial score (nSPS) is 20.0. The molecule has 2 heterocycles. The van der Waals surface area contributed by atoms with E-state index in [4.69, 9.17) is 4.74 Å². The smallest absolute Gasteiger partial charge is 0.257 e. The number of benzene rings is 2. The lowest BCUT2D eigenvalue weighted by atomic mass is 9.84. The van der Waals surface area contributed by atoms with Crippen molar-refractivity contribution >= 4 is 18.3 Å². The molecule has 0 spiro atoms. The number of fused-ring (bicyclic) bond motifs is 2. The van der Waals surface area contributed by atoms with E-state index in [1.54, 1.807) is 7.11 Å². The Labute approximate surface area is 167 Å². The topological polar surface area (TPSA) is 32.8 Å². The van der Waals surface area contributed by atoms with Crippen molar-refractivity contribution in [2.75, 3.05) is 33.3 Å². The molecule has 2 aliphatic heterocycles. The number of carbonyl (C=O) groups excluding carboxylic acids is 1. The van der Waals surface area contributed by atoms with Crippen LogP contribution in [0, 0.1) is 11.8 Å². The molecule has 1 unspecified atom stereocenters. The molecule has 2 fully saturated rings. The summed E-state index contributed by atoms with van der Waals surface area (Å²) < 4.78 is 5.37. The van der Waals surface area contributed by atoms with E-state index in [1.165, 1.54) is 11.5 Å². The molecule has 2 bridgehead atoms. The number of piperidine rings is 2. The summed E-state index contributed by atoms with van der Waals surface area (Å²) in [6, 6.07) is 18.1. The molecule has 1 atom stereocenters. The Bertz CT molecular complexity index is 754. The van der Waals surface area contributed by atoms with Gasteiger partial charge < -0.3 is 9.64 Å². The Kier molecular flexibility index (Phi) is 6.40. The minimum Gasteiger partial charge on any atom is -0.496 e. The van der Waals surface area contributed by atoms with E-state index < -0.39 is 0 Å². The van der Waals surface area contributed by atoms with Crippen molar-refractivity contribution in [3.63, 3.8) is 0 Å². The number of para-hydroxylation sites is 1. The maximum absolute atomic E-state index is 13.0. The zero-order valence-electron chi connectivity index (χ0n) is 15.6. The monoisotopic (exact) mass is 385 g/mol. The number of hydrogen-bond acceptors (Lipinski definition) is 3. The van der Waals surface area contributed by atoms with E-state index in [0.29, 0.717) is 17.2 Å². The van der Waals surface area contributed by atoms with E-state index in [-0.39, 0.29) is 18.3 Å². The van der Waals surface area contributed by atoms with Gasteiger partial charge in [-0.05, 0) is 30.0 Å². The van der Waals surface area contributed by atoms with E-state index >= 15 is 0 Å². The first-order chi connectivity index (χ1) is 12.7. The lowest BCUT2D eigenvalue weighted by Crippen LogP contribution is -2.53. The molecule has 5 heteroatoms. The first-order valence-corrected chi connectivity index (χ1v) is 9.25. The average molecular weight is 386 g/mol. The number of halogens is 1. The van der Waals surface area contributed by atoms with Crippen LogP contribution in [0.15, 0.2) is 54.6 Å². The van der Waals surface area contributed by atoms with Gasteiger partial charge in [-0.2, -0.15) is 0 Å². The summed E-state index contributed by atoms with van der Waals surface area (Å²) in [6.07, 6.45) is 1.15. The number of methoxy groups -OCH3 is 1. The second kappa shape index (κ2) is 8.77. The van der Waals surface area contributed by atoms with Crippen molar-refractivity contribution < 1.29 is 9.53 Å². The fourth-order valence-electron chi connectivity index (χ4n) is 4.27. The van der Waals surface area contributed by atoms with Crippen LogP contribution in [0.3, 0.4) is 0 Å². The van der Waals surface area contributed by atoms with E-state index in [2.05, 4.69) is 35.2 Å². The number of amides is 1. The molecule has 143 valence electrons. The van der Waals surface area contributed by atoms with Gasteiger partial charge >= 0.3 is 0 Å². The van der Waals surface area contributed by atoms with Crippen molar-refractivity contribution in [1.29, 1.82) is 0 Å². The molecule has 2 saturated heterocycles. The minimum absolute atomic E-state index is 0. The van der Waals surface area contributed by atoms with Crippen molar-refractivity contribution in [3.05, 3.63) is 71.6 Å². The molecule has 1 amide bonds. The Morgan fingerprint density at radius 1 is 1.04 bits per heavy atom. The van der Waals surface area contributed by atoms with Crippen molar-refractivity contribution in [2.24, 2.45) is 5.92 Å². The zero-order chi connectivity index (χ0) is 17.9. The van der Waals surface area contributed by atoms with Crippen LogP contribution in [0.2, 0.25) is 0 Å². The Morgan fingerprint density at radius 2 is 1.78 bits per heavy atom. The maximum atomic E-state index is 13.0. The quantitative estimate of drug-likeness (QED) is 0.805. The number of carbonyl (C=O) groups is 1. The van der Waals surface area contributed by atoms with Gasteiger partial charge in [-0.3, -0.25) is 9.69 Å². The average Bonchev–Trinajstić information content (AvgIpc) is 2.67. The molecule has 0 saturated carbocycles. The third-order valence-corrected chi connectivity index (χ3v) is 5.31.